The Morgan fingerprint density at radius 2 is 1.78 bits per heavy atom. The molecule has 0 aromatic carbocycles. The Bertz CT molecular complexity index is 330. The minimum atomic E-state index is -3.44. The van der Waals surface area contributed by atoms with Crippen LogP contribution in [0.4, 0.5) is 0 Å². The van der Waals surface area contributed by atoms with E-state index < -0.39 is 10.0 Å². The van der Waals surface area contributed by atoms with E-state index in [0.717, 1.165) is 19.4 Å². The van der Waals surface area contributed by atoms with Crippen LogP contribution in [-0.4, -0.2) is 27.4 Å². The van der Waals surface area contributed by atoms with E-state index in [1.54, 1.807) is 0 Å². The highest BCUT2D eigenvalue weighted by Gasteiger charge is 2.31. The van der Waals surface area contributed by atoms with Crippen LogP contribution >= 0.6 is 0 Å². The highest BCUT2D eigenvalue weighted by molar-refractivity contribution is 7.89. The molecule has 0 saturated heterocycles. The Balaban J connectivity index is 2.45. The Kier molecular flexibility index (Phi) is 6.08. The topological polar surface area (TPSA) is 69.4 Å². The highest BCUT2D eigenvalue weighted by atomic mass is 32.2. The quantitative estimate of drug-likeness (QED) is 0.740. The van der Waals surface area contributed by atoms with Gasteiger partial charge in [0.15, 0.2) is 0 Å². The molecule has 0 spiro atoms. The number of sulfonamides is 1. The zero-order chi connectivity index (χ0) is 13.6. The van der Waals surface area contributed by atoms with Gasteiger partial charge in [0.05, 0.1) is 12.4 Å². The van der Waals surface area contributed by atoms with Gasteiger partial charge in [0.2, 0.25) is 10.0 Å². The summed E-state index contributed by atoms with van der Waals surface area (Å²) in [6.07, 6.45) is 6.67. The zero-order valence-corrected chi connectivity index (χ0v) is 12.5. The molecule has 0 aliphatic heterocycles. The standard InChI is InChI=1S/C13H27NO3S/c1-3-13(4-2,11-18(14,15)16)10-17-9-12-7-5-6-8-12/h12H,3-11H2,1-2H3,(H2,14,15,16). The summed E-state index contributed by atoms with van der Waals surface area (Å²) in [7, 11) is -3.44. The number of primary sulfonamides is 1. The van der Waals surface area contributed by atoms with E-state index in [-0.39, 0.29) is 11.2 Å². The first-order valence-electron chi connectivity index (χ1n) is 6.99. The zero-order valence-electron chi connectivity index (χ0n) is 11.7. The van der Waals surface area contributed by atoms with Crippen LogP contribution in [0.25, 0.3) is 0 Å². The van der Waals surface area contributed by atoms with E-state index in [0.29, 0.717) is 12.5 Å². The van der Waals surface area contributed by atoms with Crippen LogP contribution in [0.15, 0.2) is 0 Å². The summed E-state index contributed by atoms with van der Waals surface area (Å²) in [4.78, 5) is 0. The normalized spacial score (nSPS) is 18.4. The summed E-state index contributed by atoms with van der Waals surface area (Å²) in [5.41, 5.74) is -0.313. The number of hydrogen-bond acceptors (Lipinski definition) is 3. The lowest BCUT2D eigenvalue weighted by atomic mass is 9.85. The van der Waals surface area contributed by atoms with Crippen molar-refractivity contribution in [3.8, 4) is 0 Å². The second-order valence-electron chi connectivity index (χ2n) is 5.68. The first-order chi connectivity index (χ1) is 8.41. The molecule has 4 nitrogen and oxygen atoms in total. The van der Waals surface area contributed by atoms with Gasteiger partial charge in [-0.1, -0.05) is 26.7 Å². The van der Waals surface area contributed by atoms with Crippen LogP contribution in [0.3, 0.4) is 0 Å². The number of nitrogens with two attached hydrogens (primary N) is 1. The molecule has 0 atom stereocenters. The first-order valence-corrected chi connectivity index (χ1v) is 8.70. The third kappa shape index (κ3) is 5.24. The molecule has 0 heterocycles. The van der Waals surface area contributed by atoms with Crippen LogP contribution in [-0.2, 0) is 14.8 Å². The number of hydrogen-bond donors (Lipinski definition) is 1. The molecule has 1 rings (SSSR count). The monoisotopic (exact) mass is 277 g/mol. The molecule has 1 saturated carbocycles. The van der Waals surface area contributed by atoms with Gasteiger partial charge in [-0.3, -0.25) is 0 Å². The molecule has 0 unspecified atom stereocenters. The van der Waals surface area contributed by atoms with E-state index in [1.165, 1.54) is 25.7 Å². The Labute approximate surface area is 111 Å². The molecule has 108 valence electrons. The van der Waals surface area contributed by atoms with Gasteiger partial charge in [-0.15, -0.1) is 0 Å². The summed E-state index contributed by atoms with van der Waals surface area (Å²) in [5.74, 6) is 0.698. The predicted octanol–water partition coefficient (Wildman–Crippen LogP) is 2.29. The average molecular weight is 277 g/mol. The van der Waals surface area contributed by atoms with Gasteiger partial charge >= 0.3 is 0 Å². The van der Waals surface area contributed by atoms with E-state index in [1.807, 2.05) is 13.8 Å². The van der Waals surface area contributed by atoms with Gasteiger partial charge < -0.3 is 4.74 Å². The molecule has 0 bridgehead atoms. The maximum Gasteiger partial charge on any atom is 0.209 e. The molecule has 0 radical (unpaired) electrons. The van der Waals surface area contributed by atoms with Crippen molar-refractivity contribution in [2.24, 2.45) is 16.5 Å². The molecule has 0 aromatic heterocycles. The fourth-order valence-corrected chi connectivity index (χ4v) is 4.09. The molecular formula is C13H27NO3S. The van der Waals surface area contributed by atoms with Crippen LogP contribution in [0.1, 0.15) is 52.4 Å². The van der Waals surface area contributed by atoms with Crippen molar-refractivity contribution in [2.45, 2.75) is 52.4 Å². The molecule has 1 fully saturated rings. The molecule has 18 heavy (non-hydrogen) atoms. The summed E-state index contributed by atoms with van der Waals surface area (Å²) >= 11 is 0. The van der Waals surface area contributed by atoms with E-state index in [9.17, 15) is 8.42 Å². The van der Waals surface area contributed by atoms with Gasteiger partial charge in [0.25, 0.3) is 0 Å². The van der Waals surface area contributed by atoms with Crippen LogP contribution in [0.5, 0.6) is 0 Å². The lowest BCUT2D eigenvalue weighted by molar-refractivity contribution is 0.0311. The average Bonchev–Trinajstić information content (AvgIpc) is 2.79. The summed E-state index contributed by atoms with van der Waals surface area (Å²) in [5, 5.41) is 5.18. The van der Waals surface area contributed by atoms with E-state index >= 15 is 0 Å². The van der Waals surface area contributed by atoms with Crippen molar-refractivity contribution in [3.63, 3.8) is 0 Å². The number of rotatable bonds is 8. The van der Waals surface area contributed by atoms with Gasteiger partial charge in [-0.25, -0.2) is 13.6 Å². The molecule has 2 N–H and O–H groups in total. The summed E-state index contributed by atoms with van der Waals surface area (Å²) in [6, 6.07) is 0. The fraction of sp³-hybridized carbons (Fsp3) is 1.00. The van der Waals surface area contributed by atoms with Gasteiger partial charge in [0.1, 0.15) is 0 Å². The summed E-state index contributed by atoms with van der Waals surface area (Å²) in [6.45, 7) is 5.29. The van der Waals surface area contributed by atoms with Crippen LogP contribution < -0.4 is 5.14 Å². The second kappa shape index (κ2) is 6.87. The molecule has 1 aliphatic rings. The predicted molar refractivity (Wildman–Crippen MR) is 73.8 cm³/mol. The largest absolute Gasteiger partial charge is 0.381 e. The lowest BCUT2D eigenvalue weighted by Crippen LogP contribution is -2.37. The highest BCUT2D eigenvalue weighted by Crippen LogP contribution is 2.30. The minimum Gasteiger partial charge on any atom is -0.381 e. The Hall–Kier alpha value is -0.130. The number of ether oxygens (including phenoxy) is 1. The lowest BCUT2D eigenvalue weighted by Gasteiger charge is -2.30. The summed E-state index contributed by atoms with van der Waals surface area (Å²) < 4.78 is 28.4. The van der Waals surface area contributed by atoms with Crippen LogP contribution in [0.2, 0.25) is 0 Å². The second-order valence-corrected chi connectivity index (χ2v) is 7.29. The SMILES string of the molecule is CCC(CC)(COCC1CCCC1)CS(N)(=O)=O. The van der Waals surface area contributed by atoms with Crippen molar-refractivity contribution in [1.82, 2.24) is 0 Å². The third-order valence-electron chi connectivity index (χ3n) is 4.24. The maximum absolute atomic E-state index is 11.3. The Morgan fingerprint density at radius 3 is 2.22 bits per heavy atom. The van der Waals surface area contributed by atoms with Gasteiger partial charge in [-0.2, -0.15) is 0 Å². The maximum atomic E-state index is 11.3. The first kappa shape index (κ1) is 15.9. The van der Waals surface area contributed by atoms with Crippen molar-refractivity contribution >= 4 is 10.0 Å². The van der Waals surface area contributed by atoms with Crippen molar-refractivity contribution < 1.29 is 13.2 Å². The molecular weight excluding hydrogens is 250 g/mol. The molecule has 0 aromatic rings. The van der Waals surface area contributed by atoms with Gasteiger partial charge in [-0.05, 0) is 31.6 Å². The van der Waals surface area contributed by atoms with E-state index in [4.69, 9.17) is 9.88 Å². The minimum absolute atomic E-state index is 0.0255. The van der Waals surface area contributed by atoms with Crippen LogP contribution in [0, 0.1) is 11.3 Å². The fourth-order valence-electron chi connectivity index (χ4n) is 2.75. The smallest absolute Gasteiger partial charge is 0.209 e. The molecule has 0 amide bonds. The third-order valence-corrected chi connectivity index (χ3v) is 5.26. The Morgan fingerprint density at radius 1 is 1.22 bits per heavy atom. The molecule has 1 aliphatic carbocycles. The molecule has 5 heteroatoms. The van der Waals surface area contributed by atoms with Crippen molar-refractivity contribution in [3.05, 3.63) is 0 Å². The van der Waals surface area contributed by atoms with Gasteiger partial charge in [0, 0.05) is 12.0 Å². The van der Waals surface area contributed by atoms with E-state index in [2.05, 4.69) is 0 Å². The van der Waals surface area contributed by atoms with Crippen molar-refractivity contribution in [2.75, 3.05) is 19.0 Å². The van der Waals surface area contributed by atoms with Crippen molar-refractivity contribution in [1.29, 1.82) is 0 Å².